The van der Waals surface area contributed by atoms with Crippen molar-refractivity contribution in [2.45, 2.75) is 85.6 Å². The van der Waals surface area contributed by atoms with Gasteiger partial charge in [-0.3, -0.25) is 4.79 Å². The maximum absolute atomic E-state index is 11.9. The predicted octanol–water partition coefficient (Wildman–Crippen LogP) is 10.3. The van der Waals surface area contributed by atoms with Gasteiger partial charge >= 0.3 is 49.4 Å². The molecule has 1 aromatic rings. The molecule has 0 aliphatic carbocycles. The Morgan fingerprint density at radius 3 is 1.68 bits per heavy atom. The predicted molar refractivity (Wildman–Crippen MR) is 186 cm³/mol. The normalized spacial score (nSPS) is 15.4. The van der Waals surface area contributed by atoms with Gasteiger partial charge in [0.2, 0.25) is 0 Å². The second-order valence-corrected chi connectivity index (χ2v) is 19.4. The van der Waals surface area contributed by atoms with Crippen LogP contribution in [0.25, 0.3) is 0 Å². The third-order valence-electron chi connectivity index (χ3n) is 6.00. The first-order valence-electron chi connectivity index (χ1n) is 9.98. The van der Waals surface area contributed by atoms with E-state index in [9.17, 15) is 4.79 Å². The van der Waals surface area contributed by atoms with E-state index in [0.717, 1.165) is 12.1 Å². The second kappa shape index (κ2) is 21.0. The first kappa shape index (κ1) is 46.0. The van der Waals surface area contributed by atoms with Crippen molar-refractivity contribution in [2.75, 3.05) is 19.0 Å². The van der Waals surface area contributed by atoms with Crippen LogP contribution in [-0.4, -0.2) is 30.7 Å². The van der Waals surface area contributed by atoms with Gasteiger partial charge < -0.3 is 4.90 Å². The molecule has 0 fully saturated rings. The Kier molecular flexibility index (Phi) is 26.2. The molecule has 7 heteroatoms. The van der Waals surface area contributed by atoms with Crippen LogP contribution in [0, 0.1) is 27.7 Å². The third kappa shape index (κ3) is 10.7. The van der Waals surface area contributed by atoms with Gasteiger partial charge in [-0.25, -0.2) is 5.01 Å². The summed E-state index contributed by atoms with van der Waals surface area (Å²) in [7, 11) is 4.45. The summed E-state index contributed by atoms with van der Waals surface area (Å²) in [5.74, 6) is -0.0603. The number of fused-ring (bicyclic) bond motifs is 1. The fourth-order valence-electron chi connectivity index (χ4n) is 3.95. The van der Waals surface area contributed by atoms with Crippen LogP contribution in [-0.2, 0) is 20.7 Å². The minimum atomic E-state index is -0.0603. The zero-order valence-corrected chi connectivity index (χ0v) is 24.8. The summed E-state index contributed by atoms with van der Waals surface area (Å²) in [4.78, 5) is 14.2. The first-order chi connectivity index (χ1) is 14.6. The van der Waals surface area contributed by atoms with Crippen LogP contribution < -0.4 is 4.90 Å². The van der Waals surface area contributed by atoms with Gasteiger partial charge in [-0.15, -0.1) is 0 Å². The number of hydrogen-bond donors (Lipinski definition) is 0. The van der Waals surface area contributed by atoms with Gasteiger partial charge in [-0.1, -0.05) is 68.9 Å². The molecule has 3 rings (SSSR count). The molecule has 2 heterocycles. The number of rotatable bonds is 3. The van der Waals surface area contributed by atoms with E-state index in [2.05, 4.69) is 96.9 Å². The fourth-order valence-corrected chi connectivity index (χ4v) is 3.95. The average Bonchev–Trinajstić information content (AvgIpc) is 3.18. The number of carbonyl (C=O) groups excluding carboxylic acids is 1. The summed E-state index contributed by atoms with van der Waals surface area (Å²) in [6, 6.07) is 0. The van der Waals surface area contributed by atoms with E-state index in [4.69, 9.17) is 0 Å². The van der Waals surface area contributed by atoms with Gasteiger partial charge in [0, 0.05) is 31.9 Å². The van der Waals surface area contributed by atoms with Crippen LogP contribution in [0.2, 0.25) is 0 Å². The molecule has 1 amide bonds. The quantitative estimate of drug-likeness (QED) is 0.174. The van der Waals surface area contributed by atoms with Crippen molar-refractivity contribution >= 4 is 57.3 Å². The van der Waals surface area contributed by atoms with E-state index in [1.165, 1.54) is 44.2 Å². The molecule has 0 saturated carbocycles. The number of hydrazone groups is 1. The summed E-state index contributed by atoms with van der Waals surface area (Å²) in [6.07, 6.45) is 12.8. The van der Waals surface area contributed by atoms with Gasteiger partial charge in [-0.2, -0.15) is 5.10 Å². The molecule has 37 heavy (non-hydrogen) atoms. The van der Waals surface area contributed by atoms with Crippen molar-refractivity contribution in [2.24, 2.45) is 5.10 Å². The topological polar surface area (TPSA) is 35.9 Å². The Labute approximate surface area is 259 Å². The second-order valence-electron chi connectivity index (χ2n) is 7.65. The molecule has 0 atom stereocenters. The fraction of sp³-hybridized carbons (Fsp3) is 0.467. The molecular weight excluding hydrogens is 723 g/mol. The molecule has 0 radical (unpaired) electrons. The number of allylic oxidation sites excluding steroid dienone is 7. The molecule has 1 aromatic carbocycles. The van der Waals surface area contributed by atoms with Crippen LogP contribution in [0.1, 0.15) is 79.3 Å². The standard InChI is InChI=1S/C24H29N3O.6CH4.2HI.V/c1-15-16(2)18(4)23-22(17(15)3)14-20(26(23)6)12-10-8-9-11-13-21-19(5)25-27(7)24(21)28;;;;;;;;;/h8-13H,14H2,1-7H3;6*1H4;2*1H;/q;;;;;;;;;+2/p-2. The molecule has 2 aliphatic rings. The molecule has 0 N–H and O–H groups in total. The number of anilines is 1. The number of carbonyl (C=O) groups is 1. The number of benzene rings is 1. The number of hydrogen-bond acceptors (Lipinski definition) is 3. The van der Waals surface area contributed by atoms with Crippen molar-refractivity contribution in [3.63, 3.8) is 0 Å². The first-order valence-corrected chi connectivity index (χ1v) is 19.0. The Balaban J connectivity index is -0.000000362. The van der Waals surface area contributed by atoms with Crippen molar-refractivity contribution in [3.05, 3.63) is 75.5 Å². The Morgan fingerprint density at radius 1 is 0.757 bits per heavy atom. The van der Waals surface area contributed by atoms with E-state index in [-0.39, 0.29) is 50.5 Å². The Bertz CT molecular complexity index is 1020. The molecule has 4 nitrogen and oxygen atoms in total. The van der Waals surface area contributed by atoms with E-state index in [1.54, 1.807) is 7.05 Å². The molecule has 0 saturated heterocycles. The monoisotopic (exact) mass is 776 g/mol. The molecule has 0 unspecified atom stereocenters. The number of halogens is 2. The van der Waals surface area contributed by atoms with Gasteiger partial charge in [-0.05, 0) is 74.6 Å². The molecule has 0 aromatic heterocycles. The van der Waals surface area contributed by atoms with Crippen LogP contribution in [0.15, 0.2) is 52.8 Å². The Hall–Kier alpha value is -0.836. The van der Waals surface area contributed by atoms with Gasteiger partial charge in [0.1, 0.15) is 0 Å². The Morgan fingerprint density at radius 2 is 1.22 bits per heavy atom. The van der Waals surface area contributed by atoms with Crippen LogP contribution >= 0.6 is 40.0 Å². The summed E-state index contributed by atoms with van der Waals surface area (Å²) < 4.78 is 0. The summed E-state index contributed by atoms with van der Waals surface area (Å²) in [5, 5.41) is 5.51. The van der Waals surface area contributed by atoms with Crippen LogP contribution in [0.5, 0.6) is 0 Å². The number of likely N-dealkylation sites (N-methyl/N-ethyl adjacent to an activating group) is 2. The molecule has 0 spiro atoms. The van der Waals surface area contributed by atoms with Gasteiger partial charge in [0.25, 0.3) is 5.91 Å². The maximum atomic E-state index is 11.9. The van der Waals surface area contributed by atoms with E-state index in [1.807, 2.05) is 31.2 Å². The van der Waals surface area contributed by atoms with E-state index in [0.29, 0.717) is 15.0 Å². The number of nitrogens with zero attached hydrogens (tertiary/aromatic N) is 3. The van der Waals surface area contributed by atoms with E-state index >= 15 is 0 Å². The van der Waals surface area contributed by atoms with E-state index < -0.39 is 0 Å². The van der Waals surface area contributed by atoms with Gasteiger partial charge in [0.05, 0.1) is 11.3 Å². The van der Waals surface area contributed by atoms with Crippen molar-refractivity contribution < 1.29 is 14.3 Å². The van der Waals surface area contributed by atoms with Crippen molar-refractivity contribution in [1.82, 2.24) is 5.01 Å². The van der Waals surface area contributed by atoms with Crippen molar-refractivity contribution in [1.29, 1.82) is 0 Å². The zero-order chi connectivity index (χ0) is 23.3. The SMILES string of the molecule is C.C.C.C.C.C.CC1=NN(C)C(=O)C1=CC=CC=CC=C1Cc2c(C)c(C)c(C)c(C)c2N1C.[I][V][I]. The van der Waals surface area contributed by atoms with Crippen LogP contribution in [0.4, 0.5) is 5.69 Å². The van der Waals surface area contributed by atoms with Gasteiger partial charge in [0.15, 0.2) is 0 Å². The third-order valence-corrected chi connectivity index (χ3v) is 6.00. The molecule has 2 aliphatic heterocycles. The molecule has 213 valence electrons. The summed E-state index contributed by atoms with van der Waals surface area (Å²) in [5.41, 5.74) is 11.1. The van der Waals surface area contributed by atoms with Crippen LogP contribution in [0.3, 0.4) is 0 Å². The average molecular weight is 777 g/mol. The minimum absolute atomic E-state index is 0. The number of amides is 1. The summed E-state index contributed by atoms with van der Waals surface area (Å²) in [6.45, 7) is 10.7. The molecular formula is C30H53I2N3OV. The van der Waals surface area contributed by atoms with Crippen molar-refractivity contribution in [3.8, 4) is 0 Å². The molecule has 0 bridgehead atoms. The zero-order valence-electron chi connectivity index (χ0n) is 19.1. The summed E-state index contributed by atoms with van der Waals surface area (Å²) >= 11 is 4.74.